The van der Waals surface area contributed by atoms with Crippen LogP contribution in [0.1, 0.15) is 29.3 Å². The van der Waals surface area contributed by atoms with E-state index in [2.05, 4.69) is 27.4 Å². The number of hydrogen-bond donors (Lipinski definition) is 2. The van der Waals surface area contributed by atoms with Crippen molar-refractivity contribution in [1.82, 2.24) is 20.1 Å². The van der Waals surface area contributed by atoms with E-state index in [1.54, 1.807) is 47.9 Å². The van der Waals surface area contributed by atoms with E-state index >= 15 is 0 Å². The van der Waals surface area contributed by atoms with Crippen LogP contribution in [0, 0.1) is 0 Å². The lowest BCUT2D eigenvalue weighted by atomic mass is 10.3. The molecule has 0 spiro atoms. The number of aromatic nitrogens is 3. The van der Waals surface area contributed by atoms with Crippen molar-refractivity contribution in [3.63, 3.8) is 0 Å². The van der Waals surface area contributed by atoms with Gasteiger partial charge in [0.05, 0.1) is 18.1 Å². The number of fused-ring (bicyclic) bond motifs is 1. The standard InChI is InChI=1S/C21H21N5O5S/c1-3-8-26-19(13(2)22-20(28)16-5-4-9-29-16)24-25-21(26)32-11-18(27)23-14-6-7-15-17(10-14)31-12-30-15/h3-7,9-10,13H,1,8,11-12H2,2H3,(H,22,28)(H,23,27)/t13-/m0/s1. The summed E-state index contributed by atoms with van der Waals surface area (Å²) in [6.07, 6.45) is 3.13. The SMILES string of the molecule is C=CCn1c(SCC(=O)Nc2ccc3c(c2)OCO3)nnc1[C@H](C)NC(=O)c1ccco1. The summed E-state index contributed by atoms with van der Waals surface area (Å²) in [5.41, 5.74) is 0.613. The quantitative estimate of drug-likeness (QED) is 0.373. The summed E-state index contributed by atoms with van der Waals surface area (Å²) in [7, 11) is 0. The molecule has 3 aromatic rings. The number of carbonyl (C=O) groups excluding carboxylic acids is 2. The van der Waals surface area contributed by atoms with Gasteiger partial charge in [-0.15, -0.1) is 16.8 Å². The van der Waals surface area contributed by atoms with Crippen LogP contribution in [0.2, 0.25) is 0 Å². The highest BCUT2D eigenvalue weighted by Crippen LogP contribution is 2.34. The molecule has 1 atom stereocenters. The maximum Gasteiger partial charge on any atom is 0.287 e. The molecule has 0 saturated carbocycles. The van der Waals surface area contributed by atoms with E-state index in [4.69, 9.17) is 13.9 Å². The van der Waals surface area contributed by atoms with Crippen molar-refractivity contribution >= 4 is 29.3 Å². The second-order valence-corrected chi connectivity index (χ2v) is 7.76. The fourth-order valence-electron chi connectivity index (χ4n) is 3.07. The fraction of sp³-hybridized carbons (Fsp3) is 0.238. The summed E-state index contributed by atoms with van der Waals surface area (Å²) in [6, 6.07) is 8.00. The molecular formula is C21H21N5O5S. The zero-order chi connectivity index (χ0) is 22.5. The van der Waals surface area contributed by atoms with Gasteiger partial charge in [-0.25, -0.2) is 0 Å². The number of anilines is 1. The maximum atomic E-state index is 12.4. The molecule has 166 valence electrons. The number of thioether (sulfide) groups is 1. The molecule has 2 N–H and O–H groups in total. The van der Waals surface area contributed by atoms with E-state index in [1.807, 2.05) is 0 Å². The van der Waals surface area contributed by atoms with E-state index in [0.717, 1.165) is 0 Å². The van der Waals surface area contributed by atoms with Gasteiger partial charge in [0, 0.05) is 18.3 Å². The number of ether oxygens (including phenoxy) is 2. The Labute approximate surface area is 188 Å². The average Bonchev–Trinajstić information content (AvgIpc) is 3.53. The minimum atomic E-state index is -0.433. The first-order valence-corrected chi connectivity index (χ1v) is 10.7. The van der Waals surface area contributed by atoms with Crippen molar-refractivity contribution in [2.24, 2.45) is 0 Å². The van der Waals surface area contributed by atoms with Crippen molar-refractivity contribution in [2.75, 3.05) is 17.9 Å². The monoisotopic (exact) mass is 455 g/mol. The molecule has 3 heterocycles. The van der Waals surface area contributed by atoms with Gasteiger partial charge in [-0.3, -0.25) is 9.59 Å². The van der Waals surface area contributed by atoms with Crippen LogP contribution < -0.4 is 20.1 Å². The molecule has 0 aliphatic carbocycles. The minimum absolute atomic E-state index is 0.122. The highest BCUT2D eigenvalue weighted by Gasteiger charge is 2.21. The van der Waals surface area contributed by atoms with E-state index in [0.29, 0.717) is 34.7 Å². The average molecular weight is 455 g/mol. The van der Waals surface area contributed by atoms with E-state index < -0.39 is 6.04 Å². The Hall–Kier alpha value is -3.73. The van der Waals surface area contributed by atoms with Gasteiger partial charge in [0.1, 0.15) is 0 Å². The first-order chi connectivity index (χ1) is 15.5. The molecular weight excluding hydrogens is 434 g/mol. The van der Waals surface area contributed by atoms with Crippen LogP contribution >= 0.6 is 11.8 Å². The summed E-state index contributed by atoms with van der Waals surface area (Å²) in [6.45, 7) is 6.16. The van der Waals surface area contributed by atoms with Crippen LogP contribution in [0.5, 0.6) is 11.5 Å². The number of furan rings is 1. The predicted octanol–water partition coefficient (Wildman–Crippen LogP) is 3.01. The van der Waals surface area contributed by atoms with Crippen molar-refractivity contribution in [3.05, 3.63) is 60.8 Å². The maximum absolute atomic E-state index is 12.4. The van der Waals surface area contributed by atoms with Gasteiger partial charge >= 0.3 is 0 Å². The summed E-state index contributed by atoms with van der Waals surface area (Å²) < 4.78 is 17.5. The van der Waals surface area contributed by atoms with E-state index in [9.17, 15) is 9.59 Å². The normalized spacial score (nSPS) is 12.9. The highest BCUT2D eigenvalue weighted by molar-refractivity contribution is 7.99. The number of rotatable bonds is 9. The van der Waals surface area contributed by atoms with Gasteiger partial charge in [-0.05, 0) is 31.2 Å². The molecule has 1 aliphatic heterocycles. The third-order valence-electron chi connectivity index (χ3n) is 4.53. The van der Waals surface area contributed by atoms with Crippen LogP contribution in [-0.4, -0.2) is 39.1 Å². The summed E-state index contributed by atoms with van der Waals surface area (Å²) in [5.74, 6) is 1.56. The molecule has 2 aromatic heterocycles. The van der Waals surface area contributed by atoms with Gasteiger partial charge in [-0.2, -0.15) is 0 Å². The molecule has 0 fully saturated rings. The molecule has 2 amide bonds. The summed E-state index contributed by atoms with van der Waals surface area (Å²) in [4.78, 5) is 24.7. The molecule has 4 rings (SSSR count). The van der Waals surface area contributed by atoms with Gasteiger partial charge in [0.2, 0.25) is 12.7 Å². The molecule has 1 aliphatic rings. The van der Waals surface area contributed by atoms with Crippen molar-refractivity contribution in [1.29, 1.82) is 0 Å². The molecule has 10 nitrogen and oxygen atoms in total. The second-order valence-electron chi connectivity index (χ2n) is 6.82. The number of allylic oxidation sites excluding steroid dienone is 1. The molecule has 0 bridgehead atoms. The number of amides is 2. The zero-order valence-corrected chi connectivity index (χ0v) is 18.1. The number of carbonyl (C=O) groups is 2. The molecule has 0 radical (unpaired) electrons. The topological polar surface area (TPSA) is 121 Å². The van der Waals surface area contributed by atoms with Crippen molar-refractivity contribution < 1.29 is 23.5 Å². The summed E-state index contributed by atoms with van der Waals surface area (Å²) in [5, 5.41) is 14.6. The Morgan fingerprint density at radius 3 is 2.91 bits per heavy atom. The smallest absolute Gasteiger partial charge is 0.287 e. The number of nitrogens with one attached hydrogen (secondary N) is 2. The van der Waals surface area contributed by atoms with Crippen LogP contribution in [0.4, 0.5) is 5.69 Å². The number of nitrogens with zero attached hydrogens (tertiary/aromatic N) is 3. The van der Waals surface area contributed by atoms with Crippen molar-refractivity contribution in [2.45, 2.75) is 24.7 Å². The molecule has 0 saturated heterocycles. The molecule has 11 heteroatoms. The summed E-state index contributed by atoms with van der Waals surface area (Å²) >= 11 is 1.24. The lowest BCUT2D eigenvalue weighted by molar-refractivity contribution is -0.113. The van der Waals surface area contributed by atoms with Crippen LogP contribution in [0.3, 0.4) is 0 Å². The number of benzene rings is 1. The van der Waals surface area contributed by atoms with E-state index in [-0.39, 0.29) is 30.1 Å². The Morgan fingerprint density at radius 2 is 2.12 bits per heavy atom. The third kappa shape index (κ3) is 4.78. The largest absolute Gasteiger partial charge is 0.459 e. The Bertz CT molecular complexity index is 1130. The fourth-order valence-corrected chi connectivity index (χ4v) is 3.82. The van der Waals surface area contributed by atoms with E-state index in [1.165, 1.54) is 18.0 Å². The van der Waals surface area contributed by atoms with Gasteiger partial charge in [0.15, 0.2) is 28.2 Å². The van der Waals surface area contributed by atoms with Crippen molar-refractivity contribution in [3.8, 4) is 11.5 Å². The number of hydrogen-bond acceptors (Lipinski definition) is 8. The zero-order valence-electron chi connectivity index (χ0n) is 17.2. The van der Waals surface area contributed by atoms with Crippen LogP contribution in [0.15, 0.2) is 58.8 Å². The second kappa shape index (κ2) is 9.60. The van der Waals surface area contributed by atoms with Gasteiger partial charge < -0.3 is 29.1 Å². The third-order valence-corrected chi connectivity index (χ3v) is 5.49. The lowest BCUT2D eigenvalue weighted by Gasteiger charge is -2.14. The Morgan fingerprint density at radius 1 is 1.28 bits per heavy atom. The highest BCUT2D eigenvalue weighted by atomic mass is 32.2. The Balaban J connectivity index is 1.38. The molecule has 0 unspecified atom stereocenters. The van der Waals surface area contributed by atoms with Crippen LogP contribution in [0.25, 0.3) is 0 Å². The van der Waals surface area contributed by atoms with Gasteiger partial charge in [-0.1, -0.05) is 17.8 Å². The predicted molar refractivity (Wildman–Crippen MR) is 117 cm³/mol. The lowest BCUT2D eigenvalue weighted by Crippen LogP contribution is -2.28. The minimum Gasteiger partial charge on any atom is -0.459 e. The van der Waals surface area contributed by atoms with Gasteiger partial charge in [0.25, 0.3) is 5.91 Å². The molecule has 32 heavy (non-hydrogen) atoms. The first-order valence-electron chi connectivity index (χ1n) is 9.76. The van der Waals surface area contributed by atoms with Crippen LogP contribution in [-0.2, 0) is 11.3 Å². The Kier molecular flexibility index (Phi) is 6.45. The first kappa shape index (κ1) is 21.5. The molecule has 1 aromatic carbocycles.